The summed E-state index contributed by atoms with van der Waals surface area (Å²) in [6.07, 6.45) is 3.18. The molecule has 0 spiro atoms. The number of carbonyl (C=O) groups is 1. The molecule has 17 heavy (non-hydrogen) atoms. The van der Waals surface area contributed by atoms with Crippen LogP contribution >= 0.6 is 11.3 Å². The van der Waals surface area contributed by atoms with Crippen molar-refractivity contribution in [2.75, 3.05) is 0 Å². The van der Waals surface area contributed by atoms with Crippen LogP contribution in [-0.4, -0.2) is 10.8 Å². The molecule has 0 saturated heterocycles. The van der Waals surface area contributed by atoms with Crippen LogP contribution in [0.1, 0.15) is 27.4 Å². The van der Waals surface area contributed by atoms with Crippen molar-refractivity contribution in [1.29, 1.82) is 5.26 Å². The highest BCUT2D eigenvalue weighted by Gasteiger charge is 2.23. The van der Waals surface area contributed by atoms with Gasteiger partial charge in [0.1, 0.15) is 5.92 Å². The monoisotopic (exact) mass is 242 g/mol. The first-order chi connectivity index (χ1) is 8.24. The zero-order chi connectivity index (χ0) is 12.3. The maximum atomic E-state index is 12.2. The average Bonchev–Trinajstić information content (AvgIpc) is 2.77. The van der Waals surface area contributed by atoms with E-state index in [1.165, 1.54) is 11.3 Å². The van der Waals surface area contributed by atoms with Gasteiger partial charge in [-0.1, -0.05) is 0 Å². The number of Topliss-reactive ketones (excluding diaryl/α,β-unsaturated/α-hetero) is 1. The van der Waals surface area contributed by atoms with E-state index >= 15 is 0 Å². The number of thiophene rings is 1. The van der Waals surface area contributed by atoms with Crippen molar-refractivity contribution in [2.45, 2.75) is 12.8 Å². The normalized spacial score (nSPS) is 11.8. The largest absolute Gasteiger partial charge is 0.292 e. The lowest BCUT2D eigenvalue weighted by Crippen LogP contribution is -2.11. The van der Waals surface area contributed by atoms with E-state index in [-0.39, 0.29) is 5.78 Å². The van der Waals surface area contributed by atoms with Crippen LogP contribution in [0.5, 0.6) is 0 Å². The molecule has 0 aliphatic rings. The Morgan fingerprint density at radius 1 is 1.41 bits per heavy atom. The van der Waals surface area contributed by atoms with E-state index < -0.39 is 5.92 Å². The summed E-state index contributed by atoms with van der Waals surface area (Å²) in [6, 6.07) is 5.46. The predicted molar refractivity (Wildman–Crippen MR) is 66.0 cm³/mol. The highest BCUT2D eigenvalue weighted by molar-refractivity contribution is 7.08. The Hall–Kier alpha value is -1.99. The van der Waals surface area contributed by atoms with E-state index in [1.54, 1.807) is 29.9 Å². The molecule has 2 heterocycles. The Balaban J connectivity index is 2.36. The number of aromatic nitrogens is 1. The topological polar surface area (TPSA) is 53.8 Å². The number of aryl methyl sites for hydroxylation is 1. The van der Waals surface area contributed by atoms with Crippen LogP contribution in [0.15, 0.2) is 35.3 Å². The van der Waals surface area contributed by atoms with Gasteiger partial charge in [-0.25, -0.2) is 0 Å². The minimum atomic E-state index is -0.744. The maximum absolute atomic E-state index is 12.2. The minimum absolute atomic E-state index is 0.141. The predicted octanol–water partition coefficient (Wildman–Crippen LogP) is 2.94. The van der Waals surface area contributed by atoms with Gasteiger partial charge in [-0.05, 0) is 35.6 Å². The van der Waals surface area contributed by atoms with Gasteiger partial charge in [-0.2, -0.15) is 16.6 Å². The average molecular weight is 242 g/mol. The van der Waals surface area contributed by atoms with Crippen LogP contribution in [0.4, 0.5) is 0 Å². The first kappa shape index (κ1) is 11.5. The summed E-state index contributed by atoms with van der Waals surface area (Å²) in [6.45, 7) is 1.88. The first-order valence-corrected chi connectivity index (χ1v) is 6.05. The second kappa shape index (κ2) is 4.89. The van der Waals surface area contributed by atoms with Crippen molar-refractivity contribution < 1.29 is 4.79 Å². The summed E-state index contributed by atoms with van der Waals surface area (Å²) in [5.74, 6) is -0.885. The molecule has 0 bridgehead atoms. The second-order valence-corrected chi connectivity index (χ2v) is 4.42. The smallest absolute Gasteiger partial charge is 0.185 e. The SMILES string of the molecule is Cc1cscc1C(=O)C(C#N)c1ccncc1. The van der Waals surface area contributed by atoms with Crippen molar-refractivity contribution in [1.82, 2.24) is 4.98 Å². The molecule has 84 valence electrons. The number of hydrogen-bond acceptors (Lipinski definition) is 4. The summed E-state index contributed by atoms with van der Waals surface area (Å²) in [7, 11) is 0. The molecule has 2 aromatic rings. The van der Waals surface area contributed by atoms with Gasteiger partial charge in [0.2, 0.25) is 0 Å². The maximum Gasteiger partial charge on any atom is 0.185 e. The van der Waals surface area contributed by atoms with E-state index in [2.05, 4.69) is 11.1 Å². The van der Waals surface area contributed by atoms with Gasteiger partial charge in [-0.3, -0.25) is 9.78 Å². The highest BCUT2D eigenvalue weighted by atomic mass is 32.1. The molecule has 3 nitrogen and oxygen atoms in total. The third-order valence-corrected chi connectivity index (χ3v) is 3.41. The summed E-state index contributed by atoms with van der Waals surface area (Å²) in [5.41, 5.74) is 2.26. The molecule has 0 radical (unpaired) electrons. The lowest BCUT2D eigenvalue weighted by molar-refractivity contribution is 0.0979. The van der Waals surface area contributed by atoms with E-state index in [4.69, 9.17) is 5.26 Å². The van der Waals surface area contributed by atoms with Crippen molar-refractivity contribution in [3.05, 3.63) is 52.0 Å². The van der Waals surface area contributed by atoms with Crippen LogP contribution in [0.2, 0.25) is 0 Å². The molecule has 1 unspecified atom stereocenters. The molecule has 4 heteroatoms. The third kappa shape index (κ3) is 2.24. The molecule has 0 amide bonds. The van der Waals surface area contributed by atoms with E-state index in [0.29, 0.717) is 11.1 Å². The zero-order valence-corrected chi connectivity index (χ0v) is 10.1. The molecule has 0 aliphatic heterocycles. The van der Waals surface area contributed by atoms with Crippen LogP contribution in [0, 0.1) is 18.3 Å². The van der Waals surface area contributed by atoms with E-state index in [0.717, 1.165) is 5.56 Å². The lowest BCUT2D eigenvalue weighted by Gasteiger charge is -2.07. The fourth-order valence-corrected chi connectivity index (χ4v) is 2.45. The Labute approximate surface area is 103 Å². The van der Waals surface area contributed by atoms with Gasteiger partial charge >= 0.3 is 0 Å². The zero-order valence-electron chi connectivity index (χ0n) is 9.25. The Morgan fingerprint density at radius 2 is 2.12 bits per heavy atom. The second-order valence-electron chi connectivity index (χ2n) is 3.68. The van der Waals surface area contributed by atoms with Crippen molar-refractivity contribution in [2.24, 2.45) is 0 Å². The Kier molecular flexibility index (Phi) is 3.31. The minimum Gasteiger partial charge on any atom is -0.292 e. The molecular weight excluding hydrogens is 232 g/mol. The first-order valence-electron chi connectivity index (χ1n) is 5.10. The van der Waals surface area contributed by atoms with Gasteiger partial charge in [0.05, 0.1) is 6.07 Å². The van der Waals surface area contributed by atoms with Crippen LogP contribution < -0.4 is 0 Å². The highest BCUT2D eigenvalue weighted by Crippen LogP contribution is 2.23. The molecular formula is C13H10N2OS. The molecule has 0 aromatic carbocycles. The number of pyridine rings is 1. The number of carbonyl (C=O) groups excluding carboxylic acids is 1. The quantitative estimate of drug-likeness (QED) is 0.777. The molecule has 0 saturated carbocycles. The number of nitriles is 1. The van der Waals surface area contributed by atoms with Crippen LogP contribution in [0.25, 0.3) is 0 Å². The summed E-state index contributed by atoms with van der Waals surface area (Å²) < 4.78 is 0. The van der Waals surface area contributed by atoms with Gasteiger partial charge in [0, 0.05) is 23.3 Å². The molecule has 2 aromatic heterocycles. The lowest BCUT2D eigenvalue weighted by atomic mass is 9.92. The van der Waals surface area contributed by atoms with Crippen LogP contribution in [0.3, 0.4) is 0 Å². The Morgan fingerprint density at radius 3 is 2.65 bits per heavy atom. The van der Waals surface area contributed by atoms with Gasteiger partial charge in [0.25, 0.3) is 0 Å². The number of nitrogens with zero attached hydrogens (tertiary/aromatic N) is 2. The summed E-state index contributed by atoms with van der Waals surface area (Å²) in [4.78, 5) is 16.1. The number of hydrogen-bond donors (Lipinski definition) is 0. The van der Waals surface area contributed by atoms with E-state index in [9.17, 15) is 4.79 Å². The molecule has 1 atom stereocenters. The van der Waals surface area contributed by atoms with E-state index in [1.807, 2.05) is 12.3 Å². The van der Waals surface area contributed by atoms with Gasteiger partial charge < -0.3 is 0 Å². The Bertz CT molecular complexity index is 569. The molecule has 2 rings (SSSR count). The molecule has 0 N–H and O–H groups in total. The summed E-state index contributed by atoms with van der Waals surface area (Å²) in [5, 5.41) is 12.9. The fourth-order valence-electron chi connectivity index (χ4n) is 1.61. The standard InChI is InChI=1S/C13H10N2OS/c1-9-7-17-8-12(9)13(16)11(6-14)10-2-4-15-5-3-10/h2-5,7-8,11H,1H3. The number of ketones is 1. The van der Waals surface area contributed by atoms with Crippen molar-refractivity contribution in [3.63, 3.8) is 0 Å². The third-order valence-electron chi connectivity index (χ3n) is 2.55. The summed E-state index contributed by atoms with van der Waals surface area (Å²) >= 11 is 1.48. The van der Waals surface area contributed by atoms with Gasteiger partial charge in [-0.15, -0.1) is 0 Å². The number of rotatable bonds is 3. The fraction of sp³-hybridized carbons (Fsp3) is 0.154. The van der Waals surface area contributed by atoms with Gasteiger partial charge in [0.15, 0.2) is 5.78 Å². The molecule has 0 aliphatic carbocycles. The molecule has 0 fully saturated rings. The van der Waals surface area contributed by atoms with Crippen molar-refractivity contribution >= 4 is 17.1 Å². The van der Waals surface area contributed by atoms with Crippen LogP contribution in [-0.2, 0) is 0 Å². The van der Waals surface area contributed by atoms with Crippen molar-refractivity contribution in [3.8, 4) is 6.07 Å².